The molecule has 3 nitrogen and oxygen atoms in total. The van der Waals surface area contributed by atoms with E-state index in [0.717, 1.165) is 11.4 Å². The second-order valence-electron chi connectivity index (χ2n) is 4.55. The number of nitrogens with zero attached hydrogens (tertiary/aromatic N) is 2. The monoisotopic (exact) mass is 215 g/mol. The van der Waals surface area contributed by atoms with Gasteiger partial charge in [0.05, 0.1) is 11.4 Å². The maximum Gasteiger partial charge on any atom is 0.0649 e. The summed E-state index contributed by atoms with van der Waals surface area (Å²) in [4.78, 5) is 0. The second kappa shape index (κ2) is 4.10. The van der Waals surface area contributed by atoms with Crippen molar-refractivity contribution in [1.29, 1.82) is 0 Å². The Morgan fingerprint density at radius 1 is 1.19 bits per heavy atom. The van der Waals surface area contributed by atoms with Gasteiger partial charge >= 0.3 is 0 Å². The number of hydrogen-bond acceptors (Lipinski definition) is 2. The summed E-state index contributed by atoms with van der Waals surface area (Å²) in [5.74, 6) is 0. The minimum atomic E-state index is -0.0632. The summed E-state index contributed by atoms with van der Waals surface area (Å²) in [5, 5.41) is 4.36. The zero-order valence-corrected chi connectivity index (χ0v) is 9.72. The topological polar surface area (TPSA) is 43.8 Å². The predicted molar refractivity (Wildman–Crippen MR) is 65.6 cm³/mol. The number of nitrogens with two attached hydrogens (primary N) is 1. The Bertz CT molecular complexity index is 457. The molecular formula is C13H17N3. The van der Waals surface area contributed by atoms with Crippen molar-refractivity contribution >= 4 is 0 Å². The molecule has 0 fully saturated rings. The first-order valence-corrected chi connectivity index (χ1v) is 5.45. The van der Waals surface area contributed by atoms with E-state index in [1.54, 1.807) is 0 Å². The molecule has 0 spiro atoms. The molecule has 84 valence electrons. The minimum absolute atomic E-state index is 0.0632. The summed E-state index contributed by atoms with van der Waals surface area (Å²) < 4.78 is 1.95. The van der Waals surface area contributed by atoms with E-state index in [1.807, 2.05) is 47.3 Å². The van der Waals surface area contributed by atoms with Crippen molar-refractivity contribution in [1.82, 2.24) is 9.78 Å². The maximum atomic E-state index is 5.80. The van der Waals surface area contributed by atoms with E-state index in [1.165, 1.54) is 0 Å². The summed E-state index contributed by atoms with van der Waals surface area (Å²) >= 11 is 0. The van der Waals surface area contributed by atoms with Crippen LogP contribution >= 0.6 is 0 Å². The number of para-hydroxylation sites is 1. The van der Waals surface area contributed by atoms with E-state index in [4.69, 9.17) is 5.73 Å². The van der Waals surface area contributed by atoms with Crippen molar-refractivity contribution in [3.63, 3.8) is 0 Å². The van der Waals surface area contributed by atoms with Crippen LogP contribution in [-0.4, -0.2) is 16.3 Å². The third-order valence-electron chi connectivity index (χ3n) is 2.85. The molecule has 3 heteroatoms. The van der Waals surface area contributed by atoms with E-state index in [2.05, 4.69) is 18.9 Å². The van der Waals surface area contributed by atoms with Crippen LogP contribution in [0.2, 0.25) is 0 Å². The Morgan fingerprint density at radius 2 is 1.88 bits per heavy atom. The van der Waals surface area contributed by atoms with Crippen molar-refractivity contribution in [2.75, 3.05) is 6.54 Å². The van der Waals surface area contributed by atoms with Gasteiger partial charge in [0.1, 0.15) is 0 Å². The van der Waals surface area contributed by atoms with Gasteiger partial charge in [-0.1, -0.05) is 32.0 Å². The van der Waals surface area contributed by atoms with Crippen LogP contribution in [0.5, 0.6) is 0 Å². The summed E-state index contributed by atoms with van der Waals surface area (Å²) in [5.41, 5.74) is 7.95. The van der Waals surface area contributed by atoms with E-state index < -0.39 is 0 Å². The molecule has 2 rings (SSSR count). The summed E-state index contributed by atoms with van der Waals surface area (Å²) in [7, 11) is 0. The van der Waals surface area contributed by atoms with E-state index in [0.29, 0.717) is 6.54 Å². The molecule has 0 radical (unpaired) electrons. The number of hydrogen-bond donors (Lipinski definition) is 1. The zero-order valence-electron chi connectivity index (χ0n) is 9.72. The van der Waals surface area contributed by atoms with Crippen LogP contribution in [0.15, 0.2) is 42.6 Å². The second-order valence-corrected chi connectivity index (χ2v) is 4.55. The lowest BCUT2D eigenvalue weighted by Crippen LogP contribution is -2.30. The highest BCUT2D eigenvalue weighted by molar-refractivity contribution is 5.34. The molecule has 1 aromatic heterocycles. The van der Waals surface area contributed by atoms with Gasteiger partial charge in [-0.3, -0.25) is 0 Å². The first-order chi connectivity index (χ1) is 7.65. The third-order valence-corrected chi connectivity index (χ3v) is 2.85. The summed E-state index contributed by atoms with van der Waals surface area (Å²) in [6.45, 7) is 4.86. The fraction of sp³-hybridized carbons (Fsp3) is 0.308. The van der Waals surface area contributed by atoms with Gasteiger partial charge in [-0.2, -0.15) is 5.10 Å². The van der Waals surface area contributed by atoms with Gasteiger partial charge in [-0.25, -0.2) is 4.68 Å². The van der Waals surface area contributed by atoms with E-state index >= 15 is 0 Å². The molecule has 0 aliphatic heterocycles. The highest BCUT2D eigenvalue weighted by Crippen LogP contribution is 2.23. The fourth-order valence-electron chi connectivity index (χ4n) is 1.70. The largest absolute Gasteiger partial charge is 0.330 e. The lowest BCUT2D eigenvalue weighted by Gasteiger charge is -2.23. The first-order valence-electron chi connectivity index (χ1n) is 5.45. The molecule has 1 heterocycles. The summed E-state index contributed by atoms with van der Waals surface area (Å²) in [6.07, 6.45) is 1.82. The quantitative estimate of drug-likeness (QED) is 0.852. The van der Waals surface area contributed by atoms with Crippen molar-refractivity contribution < 1.29 is 0 Å². The van der Waals surface area contributed by atoms with Crippen LogP contribution < -0.4 is 5.73 Å². The number of rotatable bonds is 3. The average molecular weight is 215 g/mol. The molecule has 0 aliphatic rings. The number of aromatic nitrogens is 2. The van der Waals surface area contributed by atoms with Crippen LogP contribution in [0.1, 0.15) is 19.5 Å². The highest BCUT2D eigenvalue weighted by atomic mass is 15.3. The molecule has 0 saturated carbocycles. The van der Waals surface area contributed by atoms with Crippen LogP contribution in [0.4, 0.5) is 0 Å². The highest BCUT2D eigenvalue weighted by Gasteiger charge is 2.23. The van der Waals surface area contributed by atoms with Gasteiger partial charge in [-0.15, -0.1) is 0 Å². The Kier molecular flexibility index (Phi) is 2.79. The van der Waals surface area contributed by atoms with Crippen molar-refractivity contribution in [3.05, 3.63) is 48.3 Å². The predicted octanol–water partition coefficient (Wildman–Crippen LogP) is 2.11. The molecular weight excluding hydrogens is 198 g/mol. The van der Waals surface area contributed by atoms with Gasteiger partial charge in [0.25, 0.3) is 0 Å². The Hall–Kier alpha value is -1.61. The smallest absolute Gasteiger partial charge is 0.0649 e. The van der Waals surface area contributed by atoms with Gasteiger partial charge in [0, 0.05) is 18.2 Å². The molecule has 0 atom stereocenters. The molecule has 0 bridgehead atoms. The number of benzene rings is 1. The Balaban J connectivity index is 2.49. The van der Waals surface area contributed by atoms with Gasteiger partial charge < -0.3 is 5.73 Å². The molecule has 1 aromatic carbocycles. The summed E-state index contributed by atoms with van der Waals surface area (Å²) in [6, 6.07) is 12.1. The molecule has 2 aromatic rings. The van der Waals surface area contributed by atoms with E-state index in [-0.39, 0.29) is 5.41 Å². The van der Waals surface area contributed by atoms with Gasteiger partial charge in [0.15, 0.2) is 0 Å². The van der Waals surface area contributed by atoms with Crippen molar-refractivity contribution in [3.8, 4) is 5.69 Å². The molecule has 2 N–H and O–H groups in total. The minimum Gasteiger partial charge on any atom is -0.330 e. The molecule has 0 unspecified atom stereocenters. The maximum absolute atomic E-state index is 5.80. The Labute approximate surface area is 95.9 Å². The standard InChI is InChI=1S/C13H17N3/c1-13(2,10-14)12-8-9-15-16(12)11-6-4-3-5-7-11/h3-9H,10,14H2,1-2H3. The van der Waals surface area contributed by atoms with Gasteiger partial charge in [0.2, 0.25) is 0 Å². The molecule has 0 amide bonds. The van der Waals surface area contributed by atoms with Crippen molar-refractivity contribution in [2.45, 2.75) is 19.3 Å². The SMILES string of the molecule is CC(C)(CN)c1ccnn1-c1ccccc1. The van der Waals surface area contributed by atoms with E-state index in [9.17, 15) is 0 Å². The first kappa shape index (κ1) is 10.9. The lowest BCUT2D eigenvalue weighted by atomic mass is 9.89. The van der Waals surface area contributed by atoms with Gasteiger partial charge in [-0.05, 0) is 18.2 Å². The van der Waals surface area contributed by atoms with Crippen LogP contribution in [0.25, 0.3) is 5.69 Å². The van der Waals surface area contributed by atoms with Crippen LogP contribution in [0.3, 0.4) is 0 Å². The fourth-order valence-corrected chi connectivity index (χ4v) is 1.70. The average Bonchev–Trinajstić information content (AvgIpc) is 2.80. The van der Waals surface area contributed by atoms with Crippen LogP contribution in [-0.2, 0) is 5.41 Å². The van der Waals surface area contributed by atoms with Crippen molar-refractivity contribution in [2.24, 2.45) is 5.73 Å². The zero-order chi connectivity index (χ0) is 11.6. The van der Waals surface area contributed by atoms with Crippen LogP contribution in [0, 0.1) is 0 Å². The Morgan fingerprint density at radius 3 is 2.50 bits per heavy atom. The normalized spacial score (nSPS) is 11.7. The lowest BCUT2D eigenvalue weighted by molar-refractivity contribution is 0.503. The molecule has 0 saturated heterocycles. The molecule has 0 aliphatic carbocycles. The molecule has 16 heavy (non-hydrogen) atoms. The third kappa shape index (κ3) is 1.86.